The number of carbonyl (C=O) groups excluding carboxylic acids is 2. The largest absolute Gasteiger partial charge is 0.461 e. The number of esters is 1. The second-order valence-electron chi connectivity index (χ2n) is 3.00. The van der Waals surface area contributed by atoms with Crippen LogP contribution in [0.4, 0.5) is 8.78 Å². The first-order chi connectivity index (χ1) is 7.39. The maximum Gasteiger partial charge on any atom is 0.405 e. The highest BCUT2D eigenvalue weighted by Gasteiger charge is 2.50. The Kier molecular flexibility index (Phi) is 3.36. The van der Waals surface area contributed by atoms with Crippen LogP contribution in [0.2, 0.25) is 0 Å². The van der Waals surface area contributed by atoms with Crippen LogP contribution in [0.5, 0.6) is 0 Å². The van der Waals surface area contributed by atoms with Gasteiger partial charge < -0.3 is 4.74 Å². The van der Waals surface area contributed by atoms with E-state index < -0.39 is 23.4 Å². The van der Waals surface area contributed by atoms with Crippen LogP contribution in [-0.2, 0) is 16.6 Å². The number of ether oxygens (including phenoxy) is 1. The first-order valence-corrected chi connectivity index (χ1v) is 4.49. The van der Waals surface area contributed by atoms with Crippen molar-refractivity contribution in [1.29, 1.82) is 0 Å². The normalized spacial score (nSPS) is 11.2. The Balaban J connectivity index is 2.91. The van der Waals surface area contributed by atoms with Gasteiger partial charge in [-0.3, -0.25) is 9.48 Å². The van der Waals surface area contributed by atoms with Gasteiger partial charge in [-0.25, -0.2) is 4.79 Å². The van der Waals surface area contributed by atoms with Crippen molar-refractivity contribution in [3.05, 3.63) is 18.0 Å². The number of hydrogen-bond acceptors (Lipinski definition) is 4. The van der Waals surface area contributed by atoms with Crippen LogP contribution in [0.25, 0.3) is 0 Å². The molecule has 0 fully saturated rings. The Bertz CT molecular complexity index is 415. The Morgan fingerprint density at radius 2 is 2.19 bits per heavy atom. The predicted octanol–water partition coefficient (Wildman–Crippen LogP) is 0.801. The molecule has 5 nitrogen and oxygen atoms in total. The molecule has 7 heteroatoms. The lowest BCUT2D eigenvalue weighted by molar-refractivity contribution is -0.164. The molecule has 0 unspecified atom stereocenters. The molecule has 1 aromatic rings. The SMILES string of the molecule is CCOC(=O)C(F)(F)C(=O)c1ccn(C)n1. The van der Waals surface area contributed by atoms with Gasteiger partial charge in [0, 0.05) is 13.2 Å². The van der Waals surface area contributed by atoms with Crippen molar-refractivity contribution < 1.29 is 23.1 Å². The fourth-order valence-corrected chi connectivity index (χ4v) is 1.01. The van der Waals surface area contributed by atoms with E-state index in [2.05, 4.69) is 9.84 Å². The average Bonchev–Trinajstić information content (AvgIpc) is 2.64. The monoisotopic (exact) mass is 232 g/mol. The van der Waals surface area contributed by atoms with E-state index in [0.717, 1.165) is 6.07 Å². The number of alkyl halides is 2. The fourth-order valence-electron chi connectivity index (χ4n) is 1.01. The number of nitrogens with zero attached hydrogens (tertiary/aromatic N) is 2. The smallest absolute Gasteiger partial charge is 0.405 e. The number of hydrogen-bond donors (Lipinski definition) is 0. The maximum absolute atomic E-state index is 13.2. The van der Waals surface area contributed by atoms with Gasteiger partial charge in [-0.1, -0.05) is 0 Å². The molecule has 0 bridgehead atoms. The lowest BCUT2D eigenvalue weighted by Gasteiger charge is -2.11. The van der Waals surface area contributed by atoms with Gasteiger partial charge in [0.2, 0.25) is 0 Å². The lowest BCUT2D eigenvalue weighted by atomic mass is 10.1. The quantitative estimate of drug-likeness (QED) is 0.437. The van der Waals surface area contributed by atoms with Gasteiger partial charge in [-0.2, -0.15) is 13.9 Å². The number of carbonyl (C=O) groups is 2. The standard InChI is InChI=1S/C9H10F2N2O3/c1-3-16-8(15)9(10,11)7(14)6-4-5-13(2)12-6/h4-5H,3H2,1-2H3. The van der Waals surface area contributed by atoms with E-state index in [1.54, 1.807) is 0 Å². The van der Waals surface area contributed by atoms with E-state index in [1.807, 2.05) is 0 Å². The molecule has 0 atom stereocenters. The minimum Gasteiger partial charge on any atom is -0.461 e. The zero-order chi connectivity index (χ0) is 12.3. The van der Waals surface area contributed by atoms with Gasteiger partial charge in [0.1, 0.15) is 5.69 Å². The summed E-state index contributed by atoms with van der Waals surface area (Å²) in [6.45, 7) is 1.16. The number of rotatable bonds is 4. The summed E-state index contributed by atoms with van der Waals surface area (Å²) in [5, 5.41) is 3.50. The highest BCUT2D eigenvalue weighted by molar-refractivity contribution is 6.12. The van der Waals surface area contributed by atoms with Crippen molar-refractivity contribution in [3.8, 4) is 0 Å². The van der Waals surface area contributed by atoms with Gasteiger partial charge in [0.15, 0.2) is 0 Å². The van der Waals surface area contributed by atoms with Crippen LogP contribution in [0.1, 0.15) is 17.4 Å². The molecule has 1 heterocycles. The molecule has 0 radical (unpaired) electrons. The molecular formula is C9H10F2N2O3. The zero-order valence-corrected chi connectivity index (χ0v) is 8.74. The molecule has 1 rings (SSSR count). The molecule has 0 aromatic carbocycles. The van der Waals surface area contributed by atoms with Crippen molar-refractivity contribution in [2.45, 2.75) is 12.8 Å². The summed E-state index contributed by atoms with van der Waals surface area (Å²) in [5.74, 6) is -7.71. The summed E-state index contributed by atoms with van der Waals surface area (Å²) in [5.41, 5.74) is -0.472. The molecule has 1 aromatic heterocycles. The van der Waals surface area contributed by atoms with Crippen molar-refractivity contribution in [2.24, 2.45) is 7.05 Å². The number of halogens is 2. The van der Waals surface area contributed by atoms with Gasteiger partial charge in [-0.15, -0.1) is 0 Å². The van der Waals surface area contributed by atoms with Crippen LogP contribution in [0.15, 0.2) is 12.3 Å². The summed E-state index contributed by atoms with van der Waals surface area (Å²) < 4.78 is 31.7. The van der Waals surface area contributed by atoms with Crippen LogP contribution in [0.3, 0.4) is 0 Å². The highest BCUT2D eigenvalue weighted by Crippen LogP contribution is 2.21. The Morgan fingerprint density at radius 3 is 2.62 bits per heavy atom. The first kappa shape index (κ1) is 12.3. The number of aromatic nitrogens is 2. The fraction of sp³-hybridized carbons (Fsp3) is 0.444. The van der Waals surface area contributed by atoms with E-state index >= 15 is 0 Å². The van der Waals surface area contributed by atoms with Crippen LogP contribution in [0, 0.1) is 0 Å². The minimum absolute atomic E-state index is 0.218. The van der Waals surface area contributed by atoms with E-state index in [1.165, 1.54) is 24.9 Å². The summed E-state index contributed by atoms with van der Waals surface area (Å²) in [6.07, 6.45) is 1.33. The van der Waals surface area contributed by atoms with Gasteiger partial charge in [0.25, 0.3) is 5.78 Å². The molecule has 0 N–H and O–H groups in total. The van der Waals surface area contributed by atoms with Crippen LogP contribution < -0.4 is 0 Å². The van der Waals surface area contributed by atoms with Gasteiger partial charge >= 0.3 is 11.9 Å². The van der Waals surface area contributed by atoms with E-state index in [4.69, 9.17) is 0 Å². The predicted molar refractivity (Wildman–Crippen MR) is 49.1 cm³/mol. The van der Waals surface area contributed by atoms with Crippen molar-refractivity contribution >= 4 is 11.8 Å². The number of Topliss-reactive ketones (excluding diaryl/α,β-unsaturated/α-hetero) is 1. The summed E-state index contributed by atoms with van der Waals surface area (Å²) in [7, 11) is 1.47. The minimum atomic E-state index is -4.19. The molecule has 16 heavy (non-hydrogen) atoms. The van der Waals surface area contributed by atoms with Crippen molar-refractivity contribution in [2.75, 3.05) is 6.61 Å². The van der Waals surface area contributed by atoms with Crippen LogP contribution in [-0.4, -0.2) is 34.1 Å². The Morgan fingerprint density at radius 1 is 1.56 bits per heavy atom. The molecule has 0 saturated carbocycles. The lowest BCUT2D eigenvalue weighted by Crippen LogP contribution is -2.39. The summed E-state index contributed by atoms with van der Waals surface area (Å²) in [4.78, 5) is 22.1. The molecule has 0 aliphatic carbocycles. The first-order valence-electron chi connectivity index (χ1n) is 4.49. The second kappa shape index (κ2) is 4.38. The molecule has 0 saturated heterocycles. The Hall–Kier alpha value is -1.79. The molecule has 0 aliphatic heterocycles. The maximum atomic E-state index is 13.2. The summed E-state index contributed by atoms with van der Waals surface area (Å²) >= 11 is 0. The van der Waals surface area contributed by atoms with Crippen molar-refractivity contribution in [3.63, 3.8) is 0 Å². The van der Waals surface area contributed by atoms with Gasteiger partial charge in [-0.05, 0) is 13.0 Å². The third-order valence-electron chi connectivity index (χ3n) is 1.76. The van der Waals surface area contributed by atoms with Crippen LogP contribution >= 0.6 is 0 Å². The highest BCUT2D eigenvalue weighted by atomic mass is 19.3. The number of aryl methyl sites for hydroxylation is 1. The topological polar surface area (TPSA) is 61.2 Å². The third kappa shape index (κ3) is 2.23. The zero-order valence-electron chi connectivity index (χ0n) is 8.74. The molecule has 0 amide bonds. The third-order valence-corrected chi connectivity index (χ3v) is 1.76. The van der Waals surface area contributed by atoms with Gasteiger partial charge in [0.05, 0.1) is 6.61 Å². The molecule has 0 spiro atoms. The Labute approximate surface area is 90.0 Å². The van der Waals surface area contributed by atoms with E-state index in [0.29, 0.717) is 0 Å². The molecule has 88 valence electrons. The van der Waals surface area contributed by atoms with Crippen molar-refractivity contribution in [1.82, 2.24) is 9.78 Å². The summed E-state index contributed by atoms with van der Waals surface area (Å²) in [6, 6.07) is 1.11. The van der Waals surface area contributed by atoms with E-state index in [9.17, 15) is 18.4 Å². The molecule has 0 aliphatic rings. The molecular weight excluding hydrogens is 222 g/mol. The average molecular weight is 232 g/mol. The number of ketones is 1. The van der Waals surface area contributed by atoms with E-state index in [-0.39, 0.29) is 6.61 Å². The second-order valence-corrected chi connectivity index (χ2v) is 3.00.